The van der Waals surface area contributed by atoms with Crippen molar-refractivity contribution in [1.29, 1.82) is 0 Å². The molecule has 148 valence electrons. The average Bonchev–Trinajstić information content (AvgIpc) is 3.21. The quantitative estimate of drug-likeness (QED) is 0.295. The minimum Gasteiger partial charge on any atom is -0.497 e. The van der Waals surface area contributed by atoms with Gasteiger partial charge in [0.2, 0.25) is 5.91 Å². The molecule has 3 N–H and O–H groups in total. The van der Waals surface area contributed by atoms with Crippen LogP contribution in [0.5, 0.6) is 5.75 Å². The van der Waals surface area contributed by atoms with Crippen molar-refractivity contribution < 1.29 is 9.53 Å². The number of amides is 1. The lowest BCUT2D eigenvalue weighted by atomic mass is 10.1. The Kier molecular flexibility index (Phi) is 10.8. The maximum Gasteiger partial charge on any atom is 0.239 e. The number of methoxy groups -OCH3 is 1. The van der Waals surface area contributed by atoms with Gasteiger partial charge in [0.15, 0.2) is 5.96 Å². The molecule has 0 fully saturated rings. The lowest BCUT2D eigenvalue weighted by Gasteiger charge is -2.15. The Morgan fingerprint density at radius 1 is 1.19 bits per heavy atom. The van der Waals surface area contributed by atoms with E-state index in [0.29, 0.717) is 18.4 Å². The van der Waals surface area contributed by atoms with E-state index in [1.807, 2.05) is 24.3 Å². The molecule has 2 rings (SSSR count). The highest BCUT2D eigenvalue weighted by molar-refractivity contribution is 14.0. The van der Waals surface area contributed by atoms with Crippen LogP contribution in [0.1, 0.15) is 24.0 Å². The third kappa shape index (κ3) is 8.17. The van der Waals surface area contributed by atoms with Crippen molar-refractivity contribution in [3.63, 3.8) is 0 Å². The second-order valence-electron chi connectivity index (χ2n) is 5.89. The Morgan fingerprint density at radius 2 is 1.93 bits per heavy atom. The van der Waals surface area contributed by atoms with Crippen LogP contribution in [-0.4, -0.2) is 39.1 Å². The van der Waals surface area contributed by atoms with Crippen LogP contribution in [0, 0.1) is 0 Å². The van der Waals surface area contributed by atoms with Gasteiger partial charge in [-0.2, -0.15) is 11.3 Å². The molecular formula is C19H27IN4O2S. The summed E-state index contributed by atoms with van der Waals surface area (Å²) in [4.78, 5) is 16.2. The van der Waals surface area contributed by atoms with E-state index < -0.39 is 0 Å². The average molecular weight is 502 g/mol. The fraction of sp³-hybridized carbons (Fsp3) is 0.368. The Balaban J connectivity index is 0.00000364. The van der Waals surface area contributed by atoms with Gasteiger partial charge in [0.1, 0.15) is 5.75 Å². The molecule has 1 amide bonds. The lowest BCUT2D eigenvalue weighted by molar-refractivity contribution is -0.120. The van der Waals surface area contributed by atoms with Gasteiger partial charge in [-0.15, -0.1) is 24.0 Å². The first-order valence-corrected chi connectivity index (χ1v) is 9.43. The molecule has 27 heavy (non-hydrogen) atoms. The van der Waals surface area contributed by atoms with Crippen molar-refractivity contribution in [3.8, 4) is 5.75 Å². The van der Waals surface area contributed by atoms with Crippen molar-refractivity contribution in [3.05, 3.63) is 52.2 Å². The standard InChI is InChI=1S/C19H26N4O2S.HI/c1-14(16-8-9-26-13-16)10-22-19(20-2)23-12-18(24)21-11-15-4-6-17(25-3)7-5-15;/h4-9,13-14H,10-12H2,1-3H3,(H,21,24)(H2,20,22,23);1H. The van der Waals surface area contributed by atoms with E-state index in [9.17, 15) is 4.79 Å². The molecule has 0 aliphatic heterocycles. The van der Waals surface area contributed by atoms with E-state index in [-0.39, 0.29) is 36.4 Å². The van der Waals surface area contributed by atoms with Gasteiger partial charge in [-0.05, 0) is 46.0 Å². The SMILES string of the molecule is CN=C(NCC(=O)NCc1ccc(OC)cc1)NCC(C)c1ccsc1.I. The van der Waals surface area contributed by atoms with Crippen LogP contribution in [0.3, 0.4) is 0 Å². The van der Waals surface area contributed by atoms with Crippen molar-refractivity contribution in [2.75, 3.05) is 27.2 Å². The highest BCUT2D eigenvalue weighted by atomic mass is 127. The largest absolute Gasteiger partial charge is 0.497 e. The number of aliphatic imine (C=N–C) groups is 1. The van der Waals surface area contributed by atoms with Crippen LogP contribution in [0.2, 0.25) is 0 Å². The summed E-state index contributed by atoms with van der Waals surface area (Å²) in [6, 6.07) is 9.73. The van der Waals surface area contributed by atoms with Gasteiger partial charge < -0.3 is 20.7 Å². The molecule has 2 aromatic rings. The number of thiophene rings is 1. The molecule has 0 radical (unpaired) electrons. The summed E-state index contributed by atoms with van der Waals surface area (Å²) in [7, 11) is 3.32. The molecule has 1 unspecified atom stereocenters. The fourth-order valence-electron chi connectivity index (χ4n) is 2.31. The Bertz CT molecular complexity index is 705. The van der Waals surface area contributed by atoms with Crippen LogP contribution in [0.25, 0.3) is 0 Å². The number of rotatable bonds is 8. The minimum absolute atomic E-state index is 0. The van der Waals surface area contributed by atoms with E-state index >= 15 is 0 Å². The monoisotopic (exact) mass is 502 g/mol. The zero-order valence-corrected chi connectivity index (χ0v) is 19.0. The number of halogens is 1. The molecule has 6 nitrogen and oxygen atoms in total. The molecule has 0 saturated heterocycles. The van der Waals surface area contributed by atoms with Crippen LogP contribution >= 0.6 is 35.3 Å². The van der Waals surface area contributed by atoms with Gasteiger partial charge in [0, 0.05) is 20.1 Å². The summed E-state index contributed by atoms with van der Waals surface area (Å²) in [5, 5.41) is 13.4. The molecule has 0 aliphatic carbocycles. The first-order chi connectivity index (χ1) is 12.6. The second kappa shape index (κ2) is 12.6. The van der Waals surface area contributed by atoms with Crippen molar-refractivity contribution in [1.82, 2.24) is 16.0 Å². The summed E-state index contributed by atoms with van der Waals surface area (Å²) < 4.78 is 5.12. The number of nitrogens with one attached hydrogen (secondary N) is 3. The highest BCUT2D eigenvalue weighted by Crippen LogP contribution is 2.16. The van der Waals surface area contributed by atoms with Gasteiger partial charge in [0.25, 0.3) is 0 Å². The molecule has 0 saturated carbocycles. The number of nitrogens with zero attached hydrogens (tertiary/aromatic N) is 1. The maximum atomic E-state index is 12.0. The van der Waals surface area contributed by atoms with E-state index in [4.69, 9.17) is 4.74 Å². The summed E-state index contributed by atoms with van der Waals surface area (Å²) in [5.74, 6) is 1.71. The predicted molar refractivity (Wildman–Crippen MR) is 122 cm³/mol. The zero-order chi connectivity index (χ0) is 18.8. The molecule has 0 spiro atoms. The number of hydrogen-bond donors (Lipinski definition) is 3. The number of benzene rings is 1. The van der Waals surface area contributed by atoms with Crippen LogP contribution in [0.4, 0.5) is 0 Å². The second-order valence-corrected chi connectivity index (χ2v) is 6.67. The number of carbonyl (C=O) groups is 1. The zero-order valence-electron chi connectivity index (χ0n) is 15.8. The summed E-state index contributed by atoms with van der Waals surface area (Å²) >= 11 is 1.69. The molecular weight excluding hydrogens is 475 g/mol. The van der Waals surface area contributed by atoms with E-state index in [1.165, 1.54) is 5.56 Å². The van der Waals surface area contributed by atoms with Crippen LogP contribution < -0.4 is 20.7 Å². The van der Waals surface area contributed by atoms with Gasteiger partial charge in [0.05, 0.1) is 13.7 Å². The summed E-state index contributed by atoms with van der Waals surface area (Å²) in [6.07, 6.45) is 0. The van der Waals surface area contributed by atoms with Crippen LogP contribution in [0.15, 0.2) is 46.1 Å². The minimum atomic E-state index is -0.0883. The van der Waals surface area contributed by atoms with Crippen molar-refractivity contribution in [2.24, 2.45) is 4.99 Å². The molecule has 1 atom stereocenters. The molecule has 1 heterocycles. The molecule has 1 aromatic heterocycles. The van der Waals surface area contributed by atoms with Crippen molar-refractivity contribution >= 4 is 47.2 Å². The van der Waals surface area contributed by atoms with E-state index in [1.54, 1.807) is 25.5 Å². The third-order valence-electron chi connectivity index (χ3n) is 3.98. The highest BCUT2D eigenvalue weighted by Gasteiger charge is 2.08. The van der Waals surface area contributed by atoms with Gasteiger partial charge in [-0.1, -0.05) is 19.1 Å². The fourth-order valence-corrected chi connectivity index (χ4v) is 3.10. The third-order valence-corrected chi connectivity index (χ3v) is 4.68. The molecule has 0 aliphatic rings. The maximum absolute atomic E-state index is 12.0. The topological polar surface area (TPSA) is 74.8 Å². The number of hydrogen-bond acceptors (Lipinski definition) is 4. The molecule has 8 heteroatoms. The molecule has 0 bridgehead atoms. The lowest BCUT2D eigenvalue weighted by Crippen LogP contribution is -2.43. The predicted octanol–water partition coefficient (Wildman–Crippen LogP) is 2.96. The molecule has 1 aromatic carbocycles. The van der Waals surface area contributed by atoms with Gasteiger partial charge >= 0.3 is 0 Å². The normalized spacial score (nSPS) is 11.9. The number of guanidine groups is 1. The Labute approximate surface area is 181 Å². The van der Waals surface area contributed by atoms with Crippen LogP contribution in [-0.2, 0) is 11.3 Å². The smallest absolute Gasteiger partial charge is 0.239 e. The van der Waals surface area contributed by atoms with Gasteiger partial charge in [-0.3, -0.25) is 9.79 Å². The van der Waals surface area contributed by atoms with E-state index in [0.717, 1.165) is 17.9 Å². The van der Waals surface area contributed by atoms with Gasteiger partial charge in [-0.25, -0.2) is 0 Å². The Morgan fingerprint density at radius 3 is 2.52 bits per heavy atom. The van der Waals surface area contributed by atoms with E-state index in [2.05, 4.69) is 44.7 Å². The summed E-state index contributed by atoms with van der Waals surface area (Å²) in [6.45, 7) is 3.56. The number of carbonyl (C=O) groups excluding carboxylic acids is 1. The Hall–Kier alpha value is -1.81. The van der Waals surface area contributed by atoms with Crippen molar-refractivity contribution in [2.45, 2.75) is 19.4 Å². The number of ether oxygens (including phenoxy) is 1. The first-order valence-electron chi connectivity index (χ1n) is 8.48. The first kappa shape index (κ1) is 23.2. The summed E-state index contributed by atoms with van der Waals surface area (Å²) in [5.41, 5.74) is 2.32.